The number of amides is 3. The Bertz CT molecular complexity index is 369. The van der Waals surface area contributed by atoms with Gasteiger partial charge in [0.1, 0.15) is 5.54 Å². The van der Waals surface area contributed by atoms with Crippen LogP contribution < -0.4 is 0 Å². The van der Waals surface area contributed by atoms with Crippen LogP contribution in [-0.4, -0.2) is 33.8 Å². The molecule has 4 heteroatoms. The fourth-order valence-electron chi connectivity index (χ4n) is 1.93. The normalized spacial score (nSPS) is 20.6. The molecule has 1 fully saturated rings. The van der Waals surface area contributed by atoms with E-state index in [9.17, 15) is 9.59 Å². The van der Waals surface area contributed by atoms with Crippen LogP contribution in [0.1, 0.15) is 27.7 Å². The van der Waals surface area contributed by atoms with Gasteiger partial charge in [-0.2, -0.15) is 0 Å². The largest absolute Gasteiger partial charge is 0.332 e. The summed E-state index contributed by atoms with van der Waals surface area (Å²) in [5.41, 5.74) is -0.234. The van der Waals surface area contributed by atoms with Crippen molar-refractivity contribution < 1.29 is 9.59 Å². The van der Waals surface area contributed by atoms with Crippen LogP contribution in [0.15, 0.2) is 24.4 Å². The van der Waals surface area contributed by atoms with Gasteiger partial charge in [-0.15, -0.1) is 0 Å². The maximum atomic E-state index is 12.1. The molecule has 0 aromatic heterocycles. The van der Waals surface area contributed by atoms with Crippen LogP contribution in [0.2, 0.25) is 0 Å². The zero-order chi connectivity index (χ0) is 12.5. The summed E-state index contributed by atoms with van der Waals surface area (Å²) in [6.45, 7) is 11.3. The molecule has 1 aliphatic rings. The molecule has 0 atom stereocenters. The molecule has 3 amide bonds. The average Bonchev–Trinajstić information content (AvgIpc) is 2.40. The molecule has 1 saturated heterocycles. The van der Waals surface area contributed by atoms with E-state index in [1.165, 1.54) is 11.0 Å². The van der Waals surface area contributed by atoms with Crippen LogP contribution >= 0.6 is 0 Å². The fourth-order valence-corrected chi connectivity index (χ4v) is 1.93. The first kappa shape index (κ1) is 12.5. The van der Waals surface area contributed by atoms with Gasteiger partial charge in [0, 0.05) is 12.2 Å². The number of carbonyl (C=O) groups excluding carboxylic acids is 2. The SMILES string of the molecule is C=C/C(=C\C)N1C(=O)N(CC)C(C)(C)C1=O. The van der Waals surface area contributed by atoms with Crippen molar-refractivity contribution in [3.8, 4) is 0 Å². The molecule has 16 heavy (non-hydrogen) atoms. The van der Waals surface area contributed by atoms with Crippen molar-refractivity contribution in [3.63, 3.8) is 0 Å². The number of allylic oxidation sites excluding steroid dienone is 2. The van der Waals surface area contributed by atoms with Crippen molar-refractivity contribution in [2.45, 2.75) is 33.2 Å². The van der Waals surface area contributed by atoms with Crippen molar-refractivity contribution in [1.29, 1.82) is 0 Å². The quantitative estimate of drug-likeness (QED) is 0.542. The molecule has 0 N–H and O–H groups in total. The van der Waals surface area contributed by atoms with E-state index in [1.54, 1.807) is 31.7 Å². The van der Waals surface area contributed by atoms with E-state index in [1.807, 2.05) is 6.92 Å². The van der Waals surface area contributed by atoms with Crippen molar-refractivity contribution in [1.82, 2.24) is 9.80 Å². The van der Waals surface area contributed by atoms with Gasteiger partial charge < -0.3 is 4.90 Å². The molecule has 1 aliphatic heterocycles. The van der Waals surface area contributed by atoms with E-state index >= 15 is 0 Å². The summed E-state index contributed by atoms with van der Waals surface area (Å²) in [5.74, 6) is -0.202. The summed E-state index contributed by atoms with van der Waals surface area (Å²) >= 11 is 0. The standard InChI is InChI=1S/C12H18N2O2/c1-6-9(7-2)14-10(15)12(4,5)13(8-3)11(14)16/h6-7H,1,8H2,2-5H3/b9-7+. The highest BCUT2D eigenvalue weighted by atomic mass is 16.2. The molecule has 1 rings (SSSR count). The van der Waals surface area contributed by atoms with Crippen LogP contribution in [0.4, 0.5) is 4.79 Å². The van der Waals surface area contributed by atoms with Gasteiger partial charge in [-0.1, -0.05) is 12.7 Å². The topological polar surface area (TPSA) is 40.6 Å². The van der Waals surface area contributed by atoms with Crippen molar-refractivity contribution >= 4 is 11.9 Å². The van der Waals surface area contributed by atoms with Gasteiger partial charge in [-0.25, -0.2) is 9.69 Å². The fraction of sp³-hybridized carbons (Fsp3) is 0.500. The average molecular weight is 222 g/mol. The highest BCUT2D eigenvalue weighted by Crippen LogP contribution is 2.30. The lowest BCUT2D eigenvalue weighted by atomic mass is 10.0. The number of rotatable bonds is 3. The van der Waals surface area contributed by atoms with Gasteiger partial charge in [-0.05, 0) is 33.8 Å². The Labute approximate surface area is 96.2 Å². The van der Waals surface area contributed by atoms with E-state index in [2.05, 4.69) is 6.58 Å². The second-order valence-corrected chi connectivity index (χ2v) is 4.14. The monoisotopic (exact) mass is 222 g/mol. The number of urea groups is 1. The summed E-state index contributed by atoms with van der Waals surface area (Å²) in [6.07, 6.45) is 3.23. The van der Waals surface area contributed by atoms with E-state index in [-0.39, 0.29) is 11.9 Å². The first-order chi connectivity index (χ1) is 7.41. The number of carbonyl (C=O) groups is 2. The van der Waals surface area contributed by atoms with Crippen LogP contribution in [0, 0.1) is 0 Å². The maximum absolute atomic E-state index is 12.1. The first-order valence-electron chi connectivity index (χ1n) is 5.36. The third-order valence-electron chi connectivity index (χ3n) is 2.90. The minimum atomic E-state index is -0.775. The van der Waals surface area contributed by atoms with Crippen LogP contribution in [0.5, 0.6) is 0 Å². The van der Waals surface area contributed by atoms with E-state index < -0.39 is 5.54 Å². The number of hydrogen-bond donors (Lipinski definition) is 0. The van der Waals surface area contributed by atoms with Gasteiger partial charge in [0.25, 0.3) is 5.91 Å². The molecule has 0 saturated carbocycles. The van der Waals surface area contributed by atoms with Crippen molar-refractivity contribution in [3.05, 3.63) is 24.4 Å². The Kier molecular flexibility index (Phi) is 3.21. The number of imide groups is 1. The molecule has 0 aliphatic carbocycles. The Morgan fingerprint density at radius 1 is 1.44 bits per heavy atom. The van der Waals surface area contributed by atoms with Crippen molar-refractivity contribution in [2.24, 2.45) is 0 Å². The molecule has 0 aromatic carbocycles. The minimum Gasteiger partial charge on any atom is -0.310 e. The Morgan fingerprint density at radius 2 is 2.00 bits per heavy atom. The van der Waals surface area contributed by atoms with E-state index in [4.69, 9.17) is 0 Å². The van der Waals surface area contributed by atoms with Gasteiger partial charge in [0.15, 0.2) is 0 Å². The molecule has 0 spiro atoms. The lowest BCUT2D eigenvalue weighted by molar-refractivity contribution is -0.130. The van der Waals surface area contributed by atoms with E-state index in [0.717, 1.165) is 0 Å². The van der Waals surface area contributed by atoms with E-state index in [0.29, 0.717) is 12.2 Å². The smallest absolute Gasteiger partial charge is 0.310 e. The summed E-state index contributed by atoms with van der Waals surface area (Å²) in [7, 11) is 0. The summed E-state index contributed by atoms with van der Waals surface area (Å²) < 4.78 is 0. The highest BCUT2D eigenvalue weighted by Gasteiger charge is 2.51. The molecule has 0 radical (unpaired) electrons. The molecular formula is C12H18N2O2. The van der Waals surface area contributed by atoms with Crippen LogP contribution in [-0.2, 0) is 4.79 Å². The van der Waals surface area contributed by atoms with Crippen molar-refractivity contribution in [2.75, 3.05) is 6.54 Å². The predicted molar refractivity (Wildman–Crippen MR) is 62.7 cm³/mol. The Morgan fingerprint density at radius 3 is 2.31 bits per heavy atom. The second-order valence-electron chi connectivity index (χ2n) is 4.14. The van der Waals surface area contributed by atoms with Gasteiger partial charge in [0.05, 0.1) is 0 Å². The molecule has 0 bridgehead atoms. The zero-order valence-corrected chi connectivity index (χ0v) is 10.3. The molecule has 0 aromatic rings. The molecule has 0 unspecified atom stereocenters. The van der Waals surface area contributed by atoms with Crippen LogP contribution in [0.25, 0.3) is 0 Å². The summed E-state index contributed by atoms with van der Waals surface area (Å²) in [5, 5.41) is 0. The van der Waals surface area contributed by atoms with Gasteiger partial charge in [0.2, 0.25) is 0 Å². The molecular weight excluding hydrogens is 204 g/mol. The minimum absolute atomic E-state index is 0.202. The third-order valence-corrected chi connectivity index (χ3v) is 2.90. The highest BCUT2D eigenvalue weighted by molar-refractivity contribution is 6.08. The Balaban J connectivity index is 3.21. The first-order valence-corrected chi connectivity index (χ1v) is 5.36. The maximum Gasteiger partial charge on any atom is 0.332 e. The summed E-state index contributed by atoms with van der Waals surface area (Å²) in [4.78, 5) is 27.0. The molecule has 1 heterocycles. The lowest BCUT2D eigenvalue weighted by Gasteiger charge is -2.25. The second kappa shape index (κ2) is 4.12. The van der Waals surface area contributed by atoms with Gasteiger partial charge in [-0.3, -0.25) is 4.79 Å². The number of hydrogen-bond acceptors (Lipinski definition) is 2. The lowest BCUT2D eigenvalue weighted by Crippen LogP contribution is -2.43. The van der Waals surface area contributed by atoms with Crippen LogP contribution in [0.3, 0.4) is 0 Å². The van der Waals surface area contributed by atoms with Gasteiger partial charge >= 0.3 is 6.03 Å². The third kappa shape index (κ3) is 1.54. The Hall–Kier alpha value is -1.58. The number of nitrogens with zero attached hydrogens (tertiary/aromatic N) is 2. The predicted octanol–water partition coefficient (Wildman–Crippen LogP) is 2.14. The zero-order valence-electron chi connectivity index (χ0n) is 10.3. The number of likely N-dealkylation sites (N-methyl/N-ethyl adjacent to an activating group) is 1. The molecule has 88 valence electrons. The molecule has 4 nitrogen and oxygen atoms in total. The summed E-state index contributed by atoms with van der Waals surface area (Å²) in [6, 6.07) is -0.273.